The van der Waals surface area contributed by atoms with Crippen molar-refractivity contribution in [1.82, 2.24) is 4.98 Å². The van der Waals surface area contributed by atoms with Gasteiger partial charge in [0.2, 0.25) is 5.78 Å². The number of nitrogen functional groups attached to an aromatic ring is 1. The van der Waals surface area contributed by atoms with Crippen LogP contribution in [0, 0.1) is 0 Å². The summed E-state index contributed by atoms with van der Waals surface area (Å²) in [5.74, 6) is -0.201. The number of thiophene rings is 1. The van der Waals surface area contributed by atoms with E-state index in [1.165, 1.54) is 11.3 Å². The lowest BCUT2D eigenvalue weighted by molar-refractivity contribution is 0.104. The van der Waals surface area contributed by atoms with Crippen LogP contribution in [-0.4, -0.2) is 10.8 Å². The zero-order valence-electron chi connectivity index (χ0n) is 13.4. The zero-order chi connectivity index (χ0) is 18.3. The van der Waals surface area contributed by atoms with Gasteiger partial charge in [-0.1, -0.05) is 41.4 Å². The van der Waals surface area contributed by atoms with Gasteiger partial charge in [-0.3, -0.25) is 9.78 Å². The molecule has 128 valence electrons. The average molecular weight is 399 g/mol. The van der Waals surface area contributed by atoms with Gasteiger partial charge in [0, 0.05) is 38.6 Å². The Morgan fingerprint density at radius 2 is 1.88 bits per heavy atom. The van der Waals surface area contributed by atoms with Gasteiger partial charge in [-0.2, -0.15) is 0 Å². The van der Waals surface area contributed by atoms with Crippen LogP contribution in [0.5, 0.6) is 0 Å². The number of carbonyl (C=O) groups excluding carboxylic acids is 1. The number of halogens is 2. The number of hydrogen-bond donors (Lipinski definition) is 1. The first kappa shape index (κ1) is 17.0. The van der Waals surface area contributed by atoms with E-state index in [4.69, 9.17) is 28.9 Å². The molecule has 2 N–H and O–H groups in total. The predicted octanol–water partition coefficient (Wildman–Crippen LogP) is 6.08. The number of nitrogens with two attached hydrogens (primary N) is 1. The van der Waals surface area contributed by atoms with Crippen molar-refractivity contribution in [1.29, 1.82) is 0 Å². The molecule has 0 saturated carbocycles. The molecule has 26 heavy (non-hydrogen) atoms. The molecule has 0 atom stereocenters. The first-order valence-corrected chi connectivity index (χ1v) is 9.34. The molecule has 4 rings (SSSR count). The lowest BCUT2D eigenvalue weighted by atomic mass is 10.0. The topological polar surface area (TPSA) is 56.0 Å². The van der Waals surface area contributed by atoms with Crippen LogP contribution in [0.2, 0.25) is 10.0 Å². The number of fused-ring (bicyclic) bond motifs is 1. The van der Waals surface area contributed by atoms with Crippen molar-refractivity contribution in [3.8, 4) is 11.1 Å². The molecule has 0 aliphatic carbocycles. The summed E-state index contributed by atoms with van der Waals surface area (Å²) in [4.78, 5) is 17.5. The van der Waals surface area contributed by atoms with E-state index in [-0.39, 0.29) is 5.78 Å². The van der Waals surface area contributed by atoms with Crippen LogP contribution in [-0.2, 0) is 0 Å². The minimum Gasteiger partial charge on any atom is -0.397 e. The smallest absolute Gasteiger partial charge is 0.206 e. The number of hydrogen-bond acceptors (Lipinski definition) is 4. The predicted molar refractivity (Wildman–Crippen MR) is 109 cm³/mol. The molecule has 0 bridgehead atoms. The monoisotopic (exact) mass is 398 g/mol. The maximum atomic E-state index is 12.9. The Bertz CT molecular complexity index is 1140. The molecule has 0 unspecified atom stereocenters. The SMILES string of the molecule is Nc1c(C(=O)c2ccc(Cl)cc2Cl)sc2cc(-c3cccnc3)ccc12. The van der Waals surface area contributed by atoms with Crippen LogP contribution in [0.3, 0.4) is 0 Å². The molecule has 3 nitrogen and oxygen atoms in total. The minimum absolute atomic E-state index is 0.201. The van der Waals surface area contributed by atoms with Gasteiger partial charge in [-0.25, -0.2) is 0 Å². The molecule has 0 aliphatic rings. The van der Waals surface area contributed by atoms with Crippen LogP contribution in [0.1, 0.15) is 15.2 Å². The molecule has 0 spiro atoms. The summed E-state index contributed by atoms with van der Waals surface area (Å²) >= 11 is 13.5. The van der Waals surface area contributed by atoms with E-state index in [2.05, 4.69) is 4.98 Å². The first-order chi connectivity index (χ1) is 12.5. The molecule has 0 aliphatic heterocycles. The van der Waals surface area contributed by atoms with Gasteiger partial charge < -0.3 is 5.73 Å². The summed E-state index contributed by atoms with van der Waals surface area (Å²) in [6, 6.07) is 14.6. The maximum Gasteiger partial charge on any atom is 0.206 e. The summed E-state index contributed by atoms with van der Waals surface area (Å²) in [5.41, 5.74) is 9.15. The first-order valence-electron chi connectivity index (χ1n) is 7.77. The van der Waals surface area contributed by atoms with E-state index in [9.17, 15) is 4.79 Å². The summed E-state index contributed by atoms with van der Waals surface area (Å²) in [5, 5.41) is 1.66. The summed E-state index contributed by atoms with van der Waals surface area (Å²) in [6.45, 7) is 0. The van der Waals surface area contributed by atoms with Crippen molar-refractivity contribution in [2.75, 3.05) is 5.73 Å². The van der Waals surface area contributed by atoms with Crippen LogP contribution in [0.15, 0.2) is 60.9 Å². The minimum atomic E-state index is -0.201. The van der Waals surface area contributed by atoms with Crippen molar-refractivity contribution < 1.29 is 4.79 Å². The van der Waals surface area contributed by atoms with Crippen LogP contribution in [0.25, 0.3) is 21.2 Å². The molecule has 0 saturated heterocycles. The number of benzene rings is 2. The Morgan fingerprint density at radius 1 is 1.04 bits per heavy atom. The number of ketones is 1. The highest BCUT2D eigenvalue weighted by Gasteiger charge is 2.20. The largest absolute Gasteiger partial charge is 0.397 e. The van der Waals surface area contributed by atoms with Crippen LogP contribution in [0.4, 0.5) is 5.69 Å². The Morgan fingerprint density at radius 3 is 2.62 bits per heavy atom. The molecular formula is C20H12Cl2N2OS. The lowest BCUT2D eigenvalue weighted by Crippen LogP contribution is -2.02. The molecule has 2 aromatic heterocycles. The quantitative estimate of drug-likeness (QED) is 0.425. The molecule has 0 amide bonds. The lowest BCUT2D eigenvalue weighted by Gasteiger charge is -2.03. The second-order valence-electron chi connectivity index (χ2n) is 5.75. The van der Waals surface area contributed by atoms with Crippen LogP contribution >= 0.6 is 34.5 Å². The Hall–Kier alpha value is -2.40. The molecular weight excluding hydrogens is 387 g/mol. The average Bonchev–Trinajstić information content (AvgIpc) is 2.98. The standard InChI is InChI=1S/C20H12Cl2N2OS/c21-13-4-6-14(16(22)9-13)19(25)20-18(23)15-5-3-11(8-17(15)26-20)12-2-1-7-24-10-12/h1-10H,23H2. The van der Waals surface area contributed by atoms with E-state index in [0.717, 1.165) is 21.2 Å². The van der Waals surface area contributed by atoms with E-state index >= 15 is 0 Å². The van der Waals surface area contributed by atoms with Gasteiger partial charge in [-0.05, 0) is 35.9 Å². The molecule has 6 heteroatoms. The number of carbonyl (C=O) groups is 1. The highest BCUT2D eigenvalue weighted by Crippen LogP contribution is 2.38. The second-order valence-corrected chi connectivity index (χ2v) is 7.65. The van der Waals surface area contributed by atoms with Gasteiger partial charge in [0.1, 0.15) is 0 Å². The van der Waals surface area contributed by atoms with Crippen molar-refractivity contribution in [3.05, 3.63) is 81.4 Å². The van der Waals surface area contributed by atoms with Gasteiger partial charge in [-0.15, -0.1) is 11.3 Å². The third-order valence-corrected chi connectivity index (χ3v) is 5.82. The van der Waals surface area contributed by atoms with Crippen LogP contribution < -0.4 is 5.73 Å². The van der Waals surface area contributed by atoms with Gasteiger partial charge in [0.25, 0.3) is 0 Å². The van der Waals surface area contributed by atoms with E-state index < -0.39 is 0 Å². The number of pyridine rings is 1. The van der Waals surface area contributed by atoms with E-state index in [1.807, 2.05) is 30.3 Å². The molecule has 0 fully saturated rings. The van der Waals surface area contributed by atoms with E-state index in [1.54, 1.807) is 30.6 Å². The highest BCUT2D eigenvalue weighted by atomic mass is 35.5. The van der Waals surface area contributed by atoms with Crippen molar-refractivity contribution >= 4 is 56.1 Å². The Kier molecular flexibility index (Phi) is 4.41. The van der Waals surface area contributed by atoms with Crippen molar-refractivity contribution in [2.24, 2.45) is 0 Å². The number of nitrogens with zero attached hydrogens (tertiary/aromatic N) is 1. The second kappa shape index (κ2) is 6.72. The summed E-state index contributed by atoms with van der Waals surface area (Å²) < 4.78 is 0.942. The molecule has 2 aromatic carbocycles. The van der Waals surface area contributed by atoms with Gasteiger partial charge in [0.15, 0.2) is 0 Å². The maximum absolute atomic E-state index is 12.9. The number of rotatable bonds is 3. The fourth-order valence-electron chi connectivity index (χ4n) is 2.79. The van der Waals surface area contributed by atoms with E-state index in [0.29, 0.717) is 26.2 Å². The molecule has 4 aromatic rings. The van der Waals surface area contributed by atoms with Gasteiger partial charge in [0.05, 0.1) is 15.6 Å². The zero-order valence-corrected chi connectivity index (χ0v) is 15.7. The molecule has 2 heterocycles. The van der Waals surface area contributed by atoms with Gasteiger partial charge >= 0.3 is 0 Å². The molecule has 0 radical (unpaired) electrons. The Balaban J connectivity index is 1.81. The Labute approximate surface area is 164 Å². The van der Waals surface area contributed by atoms with Crippen molar-refractivity contribution in [2.45, 2.75) is 0 Å². The fraction of sp³-hybridized carbons (Fsp3) is 0. The number of anilines is 1. The number of aromatic nitrogens is 1. The third kappa shape index (κ3) is 2.97. The normalized spacial score (nSPS) is 11.0. The summed E-state index contributed by atoms with van der Waals surface area (Å²) in [7, 11) is 0. The fourth-order valence-corrected chi connectivity index (χ4v) is 4.40. The van der Waals surface area contributed by atoms with Crippen molar-refractivity contribution in [3.63, 3.8) is 0 Å². The third-order valence-electron chi connectivity index (χ3n) is 4.11. The summed E-state index contributed by atoms with van der Waals surface area (Å²) in [6.07, 6.45) is 3.54. The highest BCUT2D eigenvalue weighted by molar-refractivity contribution is 7.21.